The summed E-state index contributed by atoms with van der Waals surface area (Å²) < 4.78 is 5.63. The Hall–Kier alpha value is -2.30. The molecular formula is C19H23NO4. The molecule has 0 saturated heterocycles. The molecule has 1 aromatic carbocycles. The maximum absolute atomic E-state index is 12.3. The number of carbonyl (C=O) groups excluding carboxylic acids is 1. The fourth-order valence-corrected chi connectivity index (χ4v) is 3.36. The highest BCUT2D eigenvalue weighted by atomic mass is 16.4. The van der Waals surface area contributed by atoms with E-state index in [2.05, 4.69) is 17.4 Å². The van der Waals surface area contributed by atoms with E-state index in [0.717, 1.165) is 29.4 Å². The third-order valence-electron chi connectivity index (χ3n) is 4.66. The highest BCUT2D eigenvalue weighted by molar-refractivity contribution is 5.89. The number of benzene rings is 1. The molecule has 5 nitrogen and oxygen atoms in total. The van der Waals surface area contributed by atoms with E-state index in [0.29, 0.717) is 6.42 Å². The Bertz CT molecular complexity index is 788. The molecule has 24 heavy (non-hydrogen) atoms. The number of nitrogens with one attached hydrogen (secondary N) is 1. The molecule has 0 atom stereocenters. The van der Waals surface area contributed by atoms with Crippen LogP contribution in [0.3, 0.4) is 0 Å². The summed E-state index contributed by atoms with van der Waals surface area (Å²) in [5, 5.41) is 12.7. The quantitative estimate of drug-likeness (QED) is 0.853. The fraction of sp³-hybridized carbons (Fsp3) is 0.474. The third-order valence-corrected chi connectivity index (χ3v) is 4.66. The molecule has 0 bridgehead atoms. The van der Waals surface area contributed by atoms with Gasteiger partial charge in [-0.05, 0) is 62.8 Å². The lowest BCUT2D eigenvalue weighted by molar-refractivity contribution is -0.137. The number of carboxylic acids is 1. The van der Waals surface area contributed by atoms with Crippen LogP contribution in [0.2, 0.25) is 0 Å². The van der Waals surface area contributed by atoms with Crippen molar-refractivity contribution in [3.63, 3.8) is 0 Å². The van der Waals surface area contributed by atoms with E-state index in [4.69, 9.17) is 9.52 Å². The van der Waals surface area contributed by atoms with Crippen LogP contribution in [0.15, 0.2) is 22.8 Å². The summed E-state index contributed by atoms with van der Waals surface area (Å²) in [6.45, 7) is 3.68. The Kier molecular flexibility index (Phi) is 4.35. The predicted molar refractivity (Wildman–Crippen MR) is 91.0 cm³/mol. The van der Waals surface area contributed by atoms with Gasteiger partial charge in [-0.3, -0.25) is 9.59 Å². The van der Waals surface area contributed by atoms with Gasteiger partial charge in [0.25, 0.3) is 0 Å². The highest BCUT2D eigenvalue weighted by Crippen LogP contribution is 2.30. The standard InChI is InChI=1S/C19H23NO4/c1-19(2,7-6-18(22)23)20-17(21)10-14-11-24-16-9-13-5-3-4-12(13)8-15(14)16/h8-9,11H,3-7,10H2,1-2H3,(H,20,21)(H,22,23). The summed E-state index contributed by atoms with van der Waals surface area (Å²) in [5.41, 5.74) is 3.88. The van der Waals surface area contributed by atoms with Gasteiger partial charge in [0.1, 0.15) is 5.58 Å². The molecule has 128 valence electrons. The highest BCUT2D eigenvalue weighted by Gasteiger charge is 2.23. The van der Waals surface area contributed by atoms with Gasteiger partial charge >= 0.3 is 5.97 Å². The summed E-state index contributed by atoms with van der Waals surface area (Å²) in [6, 6.07) is 4.25. The lowest BCUT2D eigenvalue weighted by Crippen LogP contribution is -2.44. The number of carbonyl (C=O) groups is 2. The molecule has 5 heteroatoms. The van der Waals surface area contributed by atoms with Gasteiger partial charge in [-0.1, -0.05) is 0 Å². The molecule has 0 spiro atoms. The summed E-state index contributed by atoms with van der Waals surface area (Å²) in [4.78, 5) is 23.1. The Labute approximate surface area is 141 Å². The van der Waals surface area contributed by atoms with Crippen LogP contribution in [-0.2, 0) is 28.9 Å². The third kappa shape index (κ3) is 3.61. The predicted octanol–water partition coefficient (Wildman–Crippen LogP) is 3.22. The van der Waals surface area contributed by atoms with Crippen LogP contribution in [0.5, 0.6) is 0 Å². The molecule has 1 aromatic heterocycles. The van der Waals surface area contributed by atoms with Crippen molar-refractivity contribution in [2.24, 2.45) is 0 Å². The summed E-state index contributed by atoms with van der Waals surface area (Å²) in [5.74, 6) is -0.972. The van der Waals surface area contributed by atoms with Crippen LogP contribution in [0, 0.1) is 0 Å². The number of furan rings is 1. The first-order chi connectivity index (χ1) is 11.3. The normalized spacial score (nSPS) is 13.9. The van der Waals surface area contributed by atoms with Gasteiger partial charge < -0.3 is 14.8 Å². The first-order valence-corrected chi connectivity index (χ1v) is 8.39. The second-order valence-electron chi connectivity index (χ2n) is 7.23. The van der Waals surface area contributed by atoms with Gasteiger partial charge in [0.05, 0.1) is 12.7 Å². The van der Waals surface area contributed by atoms with E-state index in [9.17, 15) is 9.59 Å². The second kappa shape index (κ2) is 6.30. The number of aliphatic carboxylic acids is 1. The van der Waals surface area contributed by atoms with E-state index in [1.807, 2.05) is 13.8 Å². The maximum atomic E-state index is 12.3. The van der Waals surface area contributed by atoms with Crippen molar-refractivity contribution in [2.75, 3.05) is 0 Å². The van der Waals surface area contributed by atoms with Gasteiger partial charge in [-0.15, -0.1) is 0 Å². The molecule has 1 amide bonds. The van der Waals surface area contributed by atoms with Crippen molar-refractivity contribution < 1.29 is 19.1 Å². The molecule has 0 fully saturated rings. The molecule has 2 N–H and O–H groups in total. The number of carboxylic acid groups (broad SMARTS) is 1. The molecule has 1 aliphatic carbocycles. The Morgan fingerprint density at radius 1 is 1.25 bits per heavy atom. The molecule has 0 unspecified atom stereocenters. The monoisotopic (exact) mass is 329 g/mol. The zero-order valence-corrected chi connectivity index (χ0v) is 14.1. The van der Waals surface area contributed by atoms with Crippen LogP contribution in [0.25, 0.3) is 11.0 Å². The molecule has 2 aromatic rings. The molecule has 3 rings (SSSR count). The summed E-state index contributed by atoms with van der Waals surface area (Å²) in [6.07, 6.45) is 5.69. The first-order valence-electron chi connectivity index (χ1n) is 8.39. The lowest BCUT2D eigenvalue weighted by atomic mass is 9.97. The van der Waals surface area contributed by atoms with Crippen molar-refractivity contribution in [1.29, 1.82) is 0 Å². The van der Waals surface area contributed by atoms with Crippen molar-refractivity contribution in [2.45, 2.75) is 57.9 Å². The number of hydrogen-bond donors (Lipinski definition) is 2. The number of hydrogen-bond acceptors (Lipinski definition) is 3. The Morgan fingerprint density at radius 2 is 1.96 bits per heavy atom. The largest absolute Gasteiger partial charge is 0.481 e. The summed E-state index contributed by atoms with van der Waals surface area (Å²) >= 11 is 0. The SMILES string of the molecule is CC(C)(CCC(=O)O)NC(=O)Cc1coc2cc3c(cc12)CCC3. The van der Waals surface area contributed by atoms with E-state index in [-0.39, 0.29) is 18.7 Å². The number of rotatable bonds is 6. The average molecular weight is 329 g/mol. The molecule has 1 aliphatic rings. The first kappa shape index (κ1) is 16.6. The minimum absolute atomic E-state index is 0.0358. The molecular weight excluding hydrogens is 306 g/mol. The second-order valence-corrected chi connectivity index (χ2v) is 7.23. The van der Waals surface area contributed by atoms with Crippen molar-refractivity contribution in [1.82, 2.24) is 5.32 Å². The van der Waals surface area contributed by atoms with Crippen molar-refractivity contribution in [3.05, 3.63) is 35.1 Å². The van der Waals surface area contributed by atoms with Crippen LogP contribution in [0.1, 0.15) is 49.8 Å². The molecule has 0 saturated carbocycles. The number of fused-ring (bicyclic) bond motifs is 2. The van der Waals surface area contributed by atoms with E-state index >= 15 is 0 Å². The van der Waals surface area contributed by atoms with Gasteiger partial charge in [-0.25, -0.2) is 0 Å². The van der Waals surface area contributed by atoms with Gasteiger partial charge in [0.15, 0.2) is 0 Å². The maximum Gasteiger partial charge on any atom is 0.303 e. The Balaban J connectivity index is 1.70. The van der Waals surface area contributed by atoms with Gasteiger partial charge in [0.2, 0.25) is 5.91 Å². The minimum atomic E-state index is -0.855. The molecule has 0 aliphatic heterocycles. The van der Waals surface area contributed by atoms with Crippen molar-refractivity contribution in [3.8, 4) is 0 Å². The fourth-order valence-electron chi connectivity index (χ4n) is 3.36. The minimum Gasteiger partial charge on any atom is -0.481 e. The van der Waals surface area contributed by atoms with Crippen LogP contribution in [-0.4, -0.2) is 22.5 Å². The van der Waals surface area contributed by atoms with E-state index in [1.54, 1.807) is 6.26 Å². The van der Waals surface area contributed by atoms with E-state index < -0.39 is 11.5 Å². The number of amides is 1. The van der Waals surface area contributed by atoms with Gasteiger partial charge in [-0.2, -0.15) is 0 Å². The van der Waals surface area contributed by atoms with Crippen LogP contribution < -0.4 is 5.32 Å². The Morgan fingerprint density at radius 3 is 2.67 bits per heavy atom. The van der Waals surface area contributed by atoms with Gasteiger partial charge in [0, 0.05) is 22.9 Å². The van der Waals surface area contributed by atoms with Crippen molar-refractivity contribution >= 4 is 22.8 Å². The van der Waals surface area contributed by atoms with Crippen LogP contribution >= 0.6 is 0 Å². The number of aryl methyl sites for hydroxylation is 2. The summed E-state index contributed by atoms with van der Waals surface area (Å²) in [7, 11) is 0. The smallest absolute Gasteiger partial charge is 0.303 e. The molecule has 0 radical (unpaired) electrons. The molecule has 1 heterocycles. The van der Waals surface area contributed by atoms with Crippen LogP contribution in [0.4, 0.5) is 0 Å². The zero-order chi connectivity index (χ0) is 17.3. The lowest BCUT2D eigenvalue weighted by Gasteiger charge is -2.25. The van der Waals surface area contributed by atoms with E-state index in [1.165, 1.54) is 17.5 Å². The topological polar surface area (TPSA) is 79.5 Å². The zero-order valence-electron chi connectivity index (χ0n) is 14.1. The average Bonchev–Trinajstić information content (AvgIpc) is 3.09.